The van der Waals surface area contributed by atoms with Crippen molar-refractivity contribution in [1.82, 2.24) is 0 Å². The van der Waals surface area contributed by atoms with Crippen LogP contribution in [-0.2, 0) is 12.8 Å². The average Bonchev–Trinajstić information content (AvgIpc) is 2.88. The molecule has 98 valence electrons. The Labute approximate surface area is 125 Å². The van der Waals surface area contributed by atoms with Crippen molar-refractivity contribution in [3.63, 3.8) is 0 Å². The summed E-state index contributed by atoms with van der Waals surface area (Å²) in [6, 6.07) is 11.4. The highest BCUT2D eigenvalue weighted by molar-refractivity contribution is 9.09. The molecule has 2 aromatic carbocycles. The fraction of sp³-hybridized carbons (Fsp3) is 0.250. The lowest BCUT2D eigenvalue weighted by Gasteiger charge is -2.14. The van der Waals surface area contributed by atoms with E-state index in [1.54, 1.807) is 6.07 Å². The van der Waals surface area contributed by atoms with Gasteiger partial charge in [-0.25, -0.2) is 4.39 Å². The molecule has 1 aliphatic carbocycles. The van der Waals surface area contributed by atoms with Crippen LogP contribution in [0.5, 0.6) is 0 Å². The van der Waals surface area contributed by atoms with E-state index < -0.39 is 0 Å². The monoisotopic (exact) mass is 338 g/mol. The van der Waals surface area contributed by atoms with Gasteiger partial charge >= 0.3 is 0 Å². The molecule has 0 fully saturated rings. The first kappa shape index (κ1) is 13.1. The molecule has 1 atom stereocenters. The Hall–Kier alpha value is -0.860. The van der Waals surface area contributed by atoms with E-state index in [1.807, 2.05) is 6.07 Å². The zero-order valence-corrected chi connectivity index (χ0v) is 12.6. The number of alkyl halides is 1. The first-order chi connectivity index (χ1) is 9.16. The summed E-state index contributed by atoms with van der Waals surface area (Å²) in [7, 11) is 0. The van der Waals surface area contributed by atoms with Crippen molar-refractivity contribution in [3.8, 4) is 0 Å². The zero-order chi connectivity index (χ0) is 13.4. The fourth-order valence-electron chi connectivity index (χ4n) is 2.65. The Bertz CT molecular complexity index is 624. The molecule has 0 saturated carbocycles. The van der Waals surface area contributed by atoms with Crippen molar-refractivity contribution < 1.29 is 4.39 Å². The normalized spacial score (nSPS) is 15.3. The molecule has 3 heteroatoms. The number of halogens is 3. The number of rotatable bonds is 2. The van der Waals surface area contributed by atoms with Crippen LogP contribution in [0, 0.1) is 5.82 Å². The predicted octanol–water partition coefficient (Wildman–Crippen LogP) is 5.45. The van der Waals surface area contributed by atoms with Crippen molar-refractivity contribution >= 4 is 27.5 Å². The minimum atomic E-state index is -0.371. The van der Waals surface area contributed by atoms with Gasteiger partial charge in [0, 0.05) is 0 Å². The molecule has 0 aliphatic heterocycles. The van der Waals surface area contributed by atoms with Crippen LogP contribution in [0.25, 0.3) is 0 Å². The summed E-state index contributed by atoms with van der Waals surface area (Å²) < 4.78 is 13.5. The van der Waals surface area contributed by atoms with E-state index in [-0.39, 0.29) is 15.7 Å². The molecule has 0 spiro atoms. The van der Waals surface area contributed by atoms with Crippen molar-refractivity contribution in [2.45, 2.75) is 24.1 Å². The lowest BCUT2D eigenvalue weighted by atomic mass is 10.0. The molecule has 1 unspecified atom stereocenters. The SMILES string of the molecule is Fc1cccc(C(Br)c2ccc3c(c2)CCC3)c1Cl. The molecule has 0 radical (unpaired) electrons. The second-order valence-electron chi connectivity index (χ2n) is 4.89. The summed E-state index contributed by atoms with van der Waals surface area (Å²) in [6.45, 7) is 0. The van der Waals surface area contributed by atoms with Crippen LogP contribution in [0.15, 0.2) is 36.4 Å². The van der Waals surface area contributed by atoms with Crippen LogP contribution in [0.3, 0.4) is 0 Å². The Balaban J connectivity index is 2.00. The van der Waals surface area contributed by atoms with Gasteiger partial charge in [0.1, 0.15) is 5.82 Å². The topological polar surface area (TPSA) is 0 Å². The van der Waals surface area contributed by atoms with E-state index >= 15 is 0 Å². The van der Waals surface area contributed by atoms with Gasteiger partial charge in [-0.1, -0.05) is 57.9 Å². The van der Waals surface area contributed by atoms with Gasteiger partial charge in [0.15, 0.2) is 0 Å². The summed E-state index contributed by atoms with van der Waals surface area (Å²) in [5.41, 5.74) is 4.76. The van der Waals surface area contributed by atoms with Gasteiger partial charge in [-0.15, -0.1) is 0 Å². The van der Waals surface area contributed by atoms with E-state index in [0.29, 0.717) is 0 Å². The molecule has 3 rings (SSSR count). The third-order valence-electron chi connectivity index (χ3n) is 3.67. The lowest BCUT2D eigenvalue weighted by molar-refractivity contribution is 0.626. The first-order valence-electron chi connectivity index (χ1n) is 6.36. The second kappa shape index (κ2) is 5.26. The molecule has 2 aromatic rings. The number of aryl methyl sites for hydroxylation is 2. The molecule has 0 heterocycles. The average molecular weight is 340 g/mol. The van der Waals surface area contributed by atoms with Gasteiger partial charge in [-0.2, -0.15) is 0 Å². The molecular formula is C16H13BrClF. The zero-order valence-electron chi connectivity index (χ0n) is 10.3. The molecule has 0 bridgehead atoms. The highest BCUT2D eigenvalue weighted by Crippen LogP contribution is 2.37. The molecule has 0 amide bonds. The van der Waals surface area contributed by atoms with Crippen LogP contribution < -0.4 is 0 Å². The van der Waals surface area contributed by atoms with Crippen LogP contribution in [0.4, 0.5) is 4.39 Å². The highest BCUT2D eigenvalue weighted by atomic mass is 79.9. The van der Waals surface area contributed by atoms with Gasteiger partial charge in [-0.05, 0) is 47.6 Å². The predicted molar refractivity (Wildman–Crippen MR) is 80.6 cm³/mol. The minimum absolute atomic E-state index is 0.0680. The smallest absolute Gasteiger partial charge is 0.142 e. The van der Waals surface area contributed by atoms with E-state index in [1.165, 1.54) is 30.0 Å². The Kier molecular flexibility index (Phi) is 3.64. The van der Waals surface area contributed by atoms with Gasteiger partial charge < -0.3 is 0 Å². The largest absolute Gasteiger partial charge is 0.205 e. The molecular weight excluding hydrogens is 327 g/mol. The van der Waals surface area contributed by atoms with Crippen molar-refractivity contribution in [1.29, 1.82) is 0 Å². The molecule has 0 saturated heterocycles. The van der Waals surface area contributed by atoms with E-state index in [4.69, 9.17) is 11.6 Å². The van der Waals surface area contributed by atoms with E-state index in [0.717, 1.165) is 17.5 Å². The van der Waals surface area contributed by atoms with Crippen LogP contribution in [0.1, 0.15) is 33.5 Å². The van der Waals surface area contributed by atoms with Gasteiger partial charge in [0.25, 0.3) is 0 Å². The molecule has 0 aromatic heterocycles. The lowest BCUT2D eigenvalue weighted by Crippen LogP contribution is -1.97. The van der Waals surface area contributed by atoms with Gasteiger partial charge in [0.2, 0.25) is 0 Å². The van der Waals surface area contributed by atoms with Crippen LogP contribution in [-0.4, -0.2) is 0 Å². The summed E-state index contributed by atoms with van der Waals surface area (Å²) >= 11 is 9.69. The first-order valence-corrected chi connectivity index (χ1v) is 7.66. The Morgan fingerprint density at radius 3 is 2.74 bits per heavy atom. The highest BCUT2D eigenvalue weighted by Gasteiger charge is 2.18. The van der Waals surface area contributed by atoms with Crippen LogP contribution >= 0.6 is 27.5 Å². The van der Waals surface area contributed by atoms with Crippen molar-refractivity contribution in [3.05, 3.63) is 69.5 Å². The molecule has 1 aliphatic rings. The minimum Gasteiger partial charge on any atom is -0.205 e. The number of hydrogen-bond acceptors (Lipinski definition) is 0. The Morgan fingerprint density at radius 1 is 1.11 bits per heavy atom. The number of fused-ring (bicyclic) bond motifs is 1. The standard InChI is InChI=1S/C16H13BrClF/c17-15(13-5-2-6-14(19)16(13)18)12-8-7-10-3-1-4-11(10)9-12/h2,5-9,15H,1,3-4H2. The maximum absolute atomic E-state index is 13.5. The summed E-state index contributed by atoms with van der Waals surface area (Å²) in [4.78, 5) is -0.0680. The fourth-order valence-corrected chi connectivity index (χ4v) is 3.68. The van der Waals surface area contributed by atoms with Crippen LogP contribution in [0.2, 0.25) is 5.02 Å². The van der Waals surface area contributed by atoms with Gasteiger partial charge in [-0.3, -0.25) is 0 Å². The molecule has 0 nitrogen and oxygen atoms in total. The molecule has 0 N–H and O–H groups in total. The summed E-state index contributed by atoms with van der Waals surface area (Å²) in [6.07, 6.45) is 3.54. The third kappa shape index (κ3) is 2.44. The number of hydrogen-bond donors (Lipinski definition) is 0. The third-order valence-corrected chi connectivity index (χ3v) is 5.09. The summed E-state index contributed by atoms with van der Waals surface area (Å²) in [5.74, 6) is -0.371. The van der Waals surface area contributed by atoms with E-state index in [2.05, 4.69) is 34.1 Å². The number of benzene rings is 2. The van der Waals surface area contributed by atoms with Gasteiger partial charge in [0.05, 0.1) is 9.85 Å². The maximum atomic E-state index is 13.5. The molecule has 19 heavy (non-hydrogen) atoms. The summed E-state index contributed by atoms with van der Waals surface area (Å²) in [5, 5.41) is 0.199. The quantitative estimate of drug-likeness (QED) is 0.638. The van der Waals surface area contributed by atoms with Crippen molar-refractivity contribution in [2.75, 3.05) is 0 Å². The van der Waals surface area contributed by atoms with Crippen molar-refractivity contribution in [2.24, 2.45) is 0 Å². The second-order valence-corrected chi connectivity index (χ2v) is 6.18. The maximum Gasteiger partial charge on any atom is 0.142 e. The Morgan fingerprint density at radius 2 is 1.89 bits per heavy atom. The van der Waals surface area contributed by atoms with E-state index in [9.17, 15) is 4.39 Å².